The topological polar surface area (TPSA) is 70.6 Å². The molecular formula is C16H14F2N2O3S. The van der Waals surface area contributed by atoms with Gasteiger partial charge in [0.25, 0.3) is 5.91 Å². The Balaban J connectivity index is 1.79. The summed E-state index contributed by atoms with van der Waals surface area (Å²) >= 11 is 4.86. The van der Waals surface area contributed by atoms with Gasteiger partial charge in [-0.05, 0) is 42.5 Å². The van der Waals surface area contributed by atoms with Gasteiger partial charge < -0.3 is 10.1 Å². The SMILES string of the molecule is O=C(NCCOc1ccc(C(=S)NO)cc1)c1ccc(F)c(F)c1. The first-order chi connectivity index (χ1) is 11.5. The molecule has 8 heteroatoms. The molecule has 2 aromatic rings. The van der Waals surface area contributed by atoms with Crippen LogP contribution in [-0.2, 0) is 0 Å². The van der Waals surface area contributed by atoms with Gasteiger partial charge in [0.1, 0.15) is 17.3 Å². The molecule has 0 aliphatic carbocycles. The van der Waals surface area contributed by atoms with Gasteiger partial charge in [0.15, 0.2) is 11.6 Å². The number of carbonyl (C=O) groups is 1. The maximum absolute atomic E-state index is 13.1. The van der Waals surface area contributed by atoms with E-state index >= 15 is 0 Å². The molecule has 0 aliphatic rings. The highest BCUT2D eigenvalue weighted by molar-refractivity contribution is 7.80. The molecule has 3 N–H and O–H groups in total. The summed E-state index contributed by atoms with van der Waals surface area (Å²) in [6.07, 6.45) is 0. The molecule has 0 heterocycles. The lowest BCUT2D eigenvalue weighted by Crippen LogP contribution is -2.28. The number of amides is 1. The smallest absolute Gasteiger partial charge is 0.251 e. The number of hydrogen-bond donors (Lipinski definition) is 3. The van der Waals surface area contributed by atoms with E-state index in [1.807, 2.05) is 5.48 Å². The quantitative estimate of drug-likeness (QED) is 0.423. The minimum atomic E-state index is -1.07. The number of nitrogens with one attached hydrogen (secondary N) is 2. The molecule has 0 radical (unpaired) electrons. The predicted molar refractivity (Wildman–Crippen MR) is 87.3 cm³/mol. The Morgan fingerprint density at radius 2 is 1.75 bits per heavy atom. The van der Waals surface area contributed by atoms with Crippen LogP contribution in [0.2, 0.25) is 0 Å². The summed E-state index contributed by atoms with van der Waals surface area (Å²) in [7, 11) is 0. The second kappa shape index (κ2) is 8.32. The van der Waals surface area contributed by atoms with Crippen LogP contribution in [0.25, 0.3) is 0 Å². The highest BCUT2D eigenvalue weighted by Gasteiger charge is 2.09. The molecule has 1 amide bonds. The number of ether oxygens (including phenoxy) is 1. The van der Waals surface area contributed by atoms with Crippen LogP contribution in [0.5, 0.6) is 5.75 Å². The summed E-state index contributed by atoms with van der Waals surface area (Å²) in [5, 5.41) is 11.2. The third kappa shape index (κ3) is 4.71. The lowest BCUT2D eigenvalue weighted by molar-refractivity contribution is 0.0946. The summed E-state index contributed by atoms with van der Waals surface area (Å²) in [6.45, 7) is 0.383. The summed E-state index contributed by atoms with van der Waals surface area (Å²) in [5.41, 5.74) is 2.54. The molecule has 0 atom stereocenters. The van der Waals surface area contributed by atoms with Crippen molar-refractivity contribution < 1.29 is 23.5 Å². The molecule has 2 aromatic carbocycles. The van der Waals surface area contributed by atoms with Crippen LogP contribution >= 0.6 is 12.2 Å². The van der Waals surface area contributed by atoms with Gasteiger partial charge in [0, 0.05) is 11.1 Å². The first-order valence-electron chi connectivity index (χ1n) is 6.92. The van der Waals surface area contributed by atoms with Gasteiger partial charge in [0.05, 0.1) is 6.54 Å². The fourth-order valence-corrected chi connectivity index (χ4v) is 1.98. The van der Waals surface area contributed by atoms with Crippen LogP contribution in [-0.4, -0.2) is 29.3 Å². The maximum Gasteiger partial charge on any atom is 0.251 e. The zero-order valence-electron chi connectivity index (χ0n) is 12.4. The molecule has 126 valence electrons. The van der Waals surface area contributed by atoms with E-state index in [1.165, 1.54) is 6.07 Å². The van der Waals surface area contributed by atoms with Crippen molar-refractivity contribution in [3.05, 3.63) is 65.2 Å². The van der Waals surface area contributed by atoms with Gasteiger partial charge in [-0.15, -0.1) is 0 Å². The van der Waals surface area contributed by atoms with Crippen molar-refractivity contribution in [2.45, 2.75) is 0 Å². The monoisotopic (exact) mass is 352 g/mol. The average Bonchev–Trinajstić information content (AvgIpc) is 2.60. The van der Waals surface area contributed by atoms with Crippen molar-refractivity contribution in [3.63, 3.8) is 0 Å². The molecular weight excluding hydrogens is 338 g/mol. The van der Waals surface area contributed by atoms with Crippen LogP contribution in [0.15, 0.2) is 42.5 Å². The highest BCUT2D eigenvalue weighted by atomic mass is 32.1. The van der Waals surface area contributed by atoms with Crippen molar-refractivity contribution in [1.29, 1.82) is 0 Å². The summed E-state index contributed by atoms with van der Waals surface area (Å²) < 4.78 is 31.3. The van der Waals surface area contributed by atoms with E-state index in [9.17, 15) is 13.6 Å². The first kappa shape index (κ1) is 17.8. The second-order valence-corrected chi connectivity index (χ2v) is 5.11. The zero-order valence-corrected chi connectivity index (χ0v) is 13.2. The van der Waals surface area contributed by atoms with E-state index < -0.39 is 17.5 Å². The molecule has 24 heavy (non-hydrogen) atoms. The number of hydrogen-bond acceptors (Lipinski definition) is 4. The first-order valence-corrected chi connectivity index (χ1v) is 7.32. The second-order valence-electron chi connectivity index (χ2n) is 4.70. The summed E-state index contributed by atoms with van der Waals surface area (Å²) in [6, 6.07) is 9.59. The molecule has 0 saturated heterocycles. The van der Waals surface area contributed by atoms with Gasteiger partial charge in [0.2, 0.25) is 0 Å². The van der Waals surface area contributed by atoms with Gasteiger partial charge in [-0.25, -0.2) is 8.78 Å². The molecule has 5 nitrogen and oxygen atoms in total. The Morgan fingerprint density at radius 3 is 2.38 bits per heavy atom. The summed E-state index contributed by atoms with van der Waals surface area (Å²) in [5.74, 6) is -2.04. The molecule has 0 fully saturated rings. The molecule has 0 unspecified atom stereocenters. The fraction of sp³-hybridized carbons (Fsp3) is 0.125. The number of thiocarbonyl (C=S) groups is 1. The van der Waals surface area contributed by atoms with E-state index in [0.717, 1.165) is 12.1 Å². The van der Waals surface area contributed by atoms with E-state index in [4.69, 9.17) is 22.2 Å². The minimum Gasteiger partial charge on any atom is -0.492 e. The summed E-state index contributed by atoms with van der Waals surface area (Å²) in [4.78, 5) is 12.0. The third-order valence-electron chi connectivity index (χ3n) is 3.06. The van der Waals surface area contributed by atoms with Crippen molar-refractivity contribution in [2.24, 2.45) is 0 Å². The molecule has 0 bridgehead atoms. The molecule has 0 spiro atoms. The Bertz CT molecular complexity index is 739. The van der Waals surface area contributed by atoms with E-state index in [-0.39, 0.29) is 23.7 Å². The maximum atomic E-state index is 13.1. The van der Waals surface area contributed by atoms with Gasteiger partial charge >= 0.3 is 0 Å². The van der Waals surface area contributed by atoms with Crippen LogP contribution in [0, 0.1) is 11.6 Å². The lowest BCUT2D eigenvalue weighted by Gasteiger charge is -2.09. The van der Waals surface area contributed by atoms with E-state index in [0.29, 0.717) is 11.3 Å². The van der Waals surface area contributed by atoms with Gasteiger partial charge in [-0.1, -0.05) is 12.2 Å². The van der Waals surface area contributed by atoms with Crippen LogP contribution in [0.3, 0.4) is 0 Å². The Hall–Kier alpha value is -2.58. The number of rotatable bonds is 6. The van der Waals surface area contributed by atoms with Crippen LogP contribution in [0.4, 0.5) is 8.78 Å². The fourth-order valence-electron chi connectivity index (χ4n) is 1.84. The van der Waals surface area contributed by atoms with Crippen molar-refractivity contribution in [2.75, 3.05) is 13.2 Å². The zero-order chi connectivity index (χ0) is 17.5. The Kier molecular flexibility index (Phi) is 6.16. The molecule has 0 saturated carbocycles. The van der Waals surface area contributed by atoms with Crippen LogP contribution < -0.4 is 15.5 Å². The normalized spacial score (nSPS) is 10.1. The third-order valence-corrected chi connectivity index (χ3v) is 3.38. The lowest BCUT2D eigenvalue weighted by atomic mass is 10.2. The van der Waals surface area contributed by atoms with Crippen molar-refractivity contribution >= 4 is 23.1 Å². The minimum absolute atomic E-state index is 0.0308. The number of carbonyl (C=O) groups excluding carboxylic acids is 1. The molecule has 0 aromatic heterocycles. The Labute approximate surface area is 142 Å². The Morgan fingerprint density at radius 1 is 1.08 bits per heavy atom. The number of halogens is 2. The standard InChI is InChI=1S/C16H14F2N2O3S/c17-13-6-3-11(9-14(13)18)15(21)19-7-8-23-12-4-1-10(2-5-12)16(24)20-22/h1-6,9,22H,7-8H2,(H,19,21)(H,20,24). The van der Waals surface area contributed by atoms with Gasteiger partial charge in [-0.3, -0.25) is 15.5 Å². The average molecular weight is 352 g/mol. The van der Waals surface area contributed by atoms with E-state index in [2.05, 4.69) is 5.32 Å². The number of hydroxylamine groups is 1. The number of benzene rings is 2. The molecule has 2 rings (SSSR count). The van der Waals surface area contributed by atoms with Crippen molar-refractivity contribution in [3.8, 4) is 5.75 Å². The highest BCUT2D eigenvalue weighted by Crippen LogP contribution is 2.12. The van der Waals surface area contributed by atoms with Gasteiger partial charge in [-0.2, -0.15) is 0 Å². The molecule has 0 aliphatic heterocycles. The van der Waals surface area contributed by atoms with E-state index in [1.54, 1.807) is 24.3 Å². The van der Waals surface area contributed by atoms with Crippen LogP contribution in [0.1, 0.15) is 15.9 Å². The van der Waals surface area contributed by atoms with Crippen molar-refractivity contribution in [1.82, 2.24) is 10.8 Å². The largest absolute Gasteiger partial charge is 0.492 e. The predicted octanol–water partition coefficient (Wildman–Crippen LogP) is 2.43.